The summed E-state index contributed by atoms with van der Waals surface area (Å²) < 4.78 is 41.2. The van der Waals surface area contributed by atoms with E-state index < -0.39 is 15.8 Å². The van der Waals surface area contributed by atoms with Crippen molar-refractivity contribution >= 4 is 43.0 Å². The molecule has 0 saturated carbocycles. The molecule has 1 aromatic carbocycles. The van der Waals surface area contributed by atoms with Crippen molar-refractivity contribution in [2.75, 3.05) is 4.72 Å². The molecule has 2 rings (SSSR count). The number of nitrogens with two attached hydrogens (primary N) is 1. The van der Waals surface area contributed by atoms with E-state index in [9.17, 15) is 12.8 Å². The fourth-order valence-electron chi connectivity index (χ4n) is 1.94. The summed E-state index contributed by atoms with van der Waals surface area (Å²) in [6.45, 7) is 3.51. The number of rotatable bonds is 4. The first-order valence-electron chi connectivity index (χ1n) is 6.01. The standard InChI is InChI=1S/C13H14BrFN2O2S2/c1-7-3-10(15)9(14)4-11(7)17-21(18,19)13-8(2)6-20-12(13)5-16/h3-4,6,17H,5,16H2,1-2H3. The highest BCUT2D eigenvalue weighted by atomic mass is 79.9. The van der Waals surface area contributed by atoms with E-state index in [-0.39, 0.29) is 15.9 Å². The van der Waals surface area contributed by atoms with Crippen LogP contribution in [0, 0.1) is 19.7 Å². The molecule has 0 atom stereocenters. The van der Waals surface area contributed by atoms with Crippen LogP contribution in [0.4, 0.5) is 10.1 Å². The Morgan fingerprint density at radius 3 is 2.62 bits per heavy atom. The Bertz CT molecular complexity index is 788. The molecule has 0 spiro atoms. The van der Waals surface area contributed by atoms with Gasteiger partial charge in [0.2, 0.25) is 0 Å². The summed E-state index contributed by atoms with van der Waals surface area (Å²) in [7, 11) is -3.76. The van der Waals surface area contributed by atoms with Crippen LogP contribution in [0.2, 0.25) is 0 Å². The highest BCUT2D eigenvalue weighted by Crippen LogP contribution is 2.30. The van der Waals surface area contributed by atoms with E-state index in [0.29, 0.717) is 21.7 Å². The summed E-state index contributed by atoms with van der Waals surface area (Å²) in [5.74, 6) is -0.440. The lowest BCUT2D eigenvalue weighted by Crippen LogP contribution is -2.16. The molecule has 0 aliphatic heterocycles. The van der Waals surface area contributed by atoms with Gasteiger partial charge in [-0.25, -0.2) is 12.8 Å². The molecule has 2 aromatic rings. The van der Waals surface area contributed by atoms with Gasteiger partial charge in [-0.2, -0.15) is 0 Å². The Morgan fingerprint density at radius 1 is 1.33 bits per heavy atom. The summed E-state index contributed by atoms with van der Waals surface area (Å²) in [6.07, 6.45) is 0. The van der Waals surface area contributed by atoms with Crippen molar-refractivity contribution in [2.45, 2.75) is 25.3 Å². The highest BCUT2D eigenvalue weighted by molar-refractivity contribution is 9.10. The second-order valence-electron chi connectivity index (χ2n) is 4.56. The third-order valence-electron chi connectivity index (χ3n) is 2.96. The van der Waals surface area contributed by atoms with Crippen LogP contribution >= 0.6 is 27.3 Å². The fraction of sp³-hybridized carbons (Fsp3) is 0.231. The van der Waals surface area contributed by atoms with Crippen molar-refractivity contribution in [1.82, 2.24) is 0 Å². The number of benzene rings is 1. The van der Waals surface area contributed by atoms with Crippen LogP contribution in [0.25, 0.3) is 0 Å². The zero-order valence-corrected chi connectivity index (χ0v) is 14.6. The monoisotopic (exact) mass is 392 g/mol. The molecule has 0 unspecified atom stereocenters. The Kier molecular flexibility index (Phi) is 4.72. The lowest BCUT2D eigenvalue weighted by atomic mass is 10.2. The molecule has 0 saturated heterocycles. The van der Waals surface area contributed by atoms with Gasteiger partial charge in [-0.05, 0) is 58.4 Å². The summed E-state index contributed by atoms with van der Waals surface area (Å²) in [5, 5.41) is 1.75. The second kappa shape index (κ2) is 6.04. The molecule has 0 radical (unpaired) electrons. The van der Waals surface area contributed by atoms with Crippen molar-refractivity contribution < 1.29 is 12.8 Å². The third-order valence-corrected chi connectivity index (χ3v) is 6.41. The molecule has 4 nitrogen and oxygen atoms in total. The molecule has 21 heavy (non-hydrogen) atoms. The molecule has 0 aliphatic carbocycles. The minimum absolute atomic E-state index is 0.154. The van der Waals surface area contributed by atoms with Crippen LogP contribution in [0.1, 0.15) is 16.0 Å². The number of aryl methyl sites for hydroxylation is 2. The first kappa shape index (κ1) is 16.4. The molecular weight excluding hydrogens is 379 g/mol. The van der Waals surface area contributed by atoms with Crippen LogP contribution in [0.5, 0.6) is 0 Å². The van der Waals surface area contributed by atoms with Crippen molar-refractivity contribution in [1.29, 1.82) is 0 Å². The maximum absolute atomic E-state index is 13.4. The minimum atomic E-state index is -3.76. The number of hydrogen-bond acceptors (Lipinski definition) is 4. The topological polar surface area (TPSA) is 72.2 Å². The maximum atomic E-state index is 13.4. The number of anilines is 1. The van der Waals surface area contributed by atoms with E-state index in [4.69, 9.17) is 5.73 Å². The van der Waals surface area contributed by atoms with E-state index in [1.165, 1.54) is 23.5 Å². The van der Waals surface area contributed by atoms with E-state index in [2.05, 4.69) is 20.7 Å². The Balaban J connectivity index is 2.47. The van der Waals surface area contributed by atoms with E-state index >= 15 is 0 Å². The number of thiophene rings is 1. The van der Waals surface area contributed by atoms with Crippen molar-refractivity contribution in [2.24, 2.45) is 5.73 Å². The van der Waals surface area contributed by atoms with Crippen LogP contribution in [0.3, 0.4) is 0 Å². The molecular formula is C13H14BrFN2O2S2. The van der Waals surface area contributed by atoms with Gasteiger partial charge in [-0.15, -0.1) is 11.3 Å². The van der Waals surface area contributed by atoms with Crippen LogP contribution in [-0.2, 0) is 16.6 Å². The molecule has 3 N–H and O–H groups in total. The Morgan fingerprint density at radius 2 is 2.00 bits per heavy atom. The fourth-order valence-corrected chi connectivity index (χ4v) is 5.11. The van der Waals surface area contributed by atoms with E-state index in [0.717, 1.165) is 0 Å². The number of nitrogens with one attached hydrogen (secondary N) is 1. The van der Waals surface area contributed by atoms with E-state index in [1.54, 1.807) is 19.2 Å². The Hall–Kier alpha value is -0.960. The van der Waals surface area contributed by atoms with Gasteiger partial charge in [0.05, 0.1) is 10.2 Å². The molecule has 1 aromatic heterocycles. The summed E-state index contributed by atoms with van der Waals surface area (Å²) in [6, 6.07) is 2.68. The Labute approximate surface area is 135 Å². The van der Waals surface area contributed by atoms with Crippen LogP contribution < -0.4 is 10.5 Å². The van der Waals surface area contributed by atoms with Gasteiger partial charge in [0.15, 0.2) is 0 Å². The minimum Gasteiger partial charge on any atom is -0.326 e. The largest absolute Gasteiger partial charge is 0.326 e. The van der Waals surface area contributed by atoms with Gasteiger partial charge in [0, 0.05) is 11.4 Å². The summed E-state index contributed by atoms with van der Waals surface area (Å²) in [5.41, 5.74) is 7.07. The van der Waals surface area contributed by atoms with Crippen molar-refractivity contribution in [3.05, 3.63) is 43.8 Å². The molecule has 0 aliphatic rings. The smallest absolute Gasteiger partial charge is 0.263 e. The van der Waals surface area contributed by atoms with Gasteiger partial charge in [-0.1, -0.05) is 0 Å². The average molecular weight is 393 g/mol. The summed E-state index contributed by atoms with van der Waals surface area (Å²) in [4.78, 5) is 0.800. The highest BCUT2D eigenvalue weighted by Gasteiger charge is 2.23. The normalized spacial score (nSPS) is 11.7. The summed E-state index contributed by atoms with van der Waals surface area (Å²) >= 11 is 4.36. The van der Waals surface area contributed by atoms with Gasteiger partial charge >= 0.3 is 0 Å². The lowest BCUT2D eigenvalue weighted by Gasteiger charge is -2.12. The molecule has 1 heterocycles. The lowest BCUT2D eigenvalue weighted by molar-refractivity contribution is 0.599. The zero-order valence-electron chi connectivity index (χ0n) is 11.4. The number of sulfonamides is 1. The maximum Gasteiger partial charge on any atom is 0.263 e. The van der Waals surface area contributed by atoms with Gasteiger partial charge in [0.25, 0.3) is 10.0 Å². The molecule has 8 heteroatoms. The van der Waals surface area contributed by atoms with Crippen LogP contribution in [0.15, 0.2) is 26.9 Å². The molecule has 0 fully saturated rings. The molecule has 0 amide bonds. The van der Waals surface area contributed by atoms with E-state index in [1.807, 2.05) is 0 Å². The predicted molar refractivity (Wildman–Crippen MR) is 86.6 cm³/mol. The predicted octanol–water partition coefficient (Wildman–Crippen LogP) is 3.53. The third kappa shape index (κ3) is 3.28. The van der Waals surface area contributed by atoms with Crippen molar-refractivity contribution in [3.63, 3.8) is 0 Å². The van der Waals surface area contributed by atoms with Gasteiger partial charge in [0.1, 0.15) is 10.7 Å². The average Bonchev–Trinajstić information content (AvgIpc) is 2.77. The quantitative estimate of drug-likeness (QED) is 0.835. The first-order valence-corrected chi connectivity index (χ1v) is 9.17. The molecule has 0 bridgehead atoms. The molecule has 114 valence electrons. The first-order chi connectivity index (χ1) is 9.76. The zero-order chi connectivity index (χ0) is 15.8. The van der Waals surface area contributed by atoms with Crippen LogP contribution in [-0.4, -0.2) is 8.42 Å². The van der Waals surface area contributed by atoms with Gasteiger partial charge in [-0.3, -0.25) is 4.72 Å². The number of halogens is 2. The second-order valence-corrected chi connectivity index (χ2v) is 8.00. The van der Waals surface area contributed by atoms with Gasteiger partial charge < -0.3 is 5.73 Å². The van der Waals surface area contributed by atoms with Crippen molar-refractivity contribution in [3.8, 4) is 0 Å². The number of hydrogen-bond donors (Lipinski definition) is 2. The SMILES string of the molecule is Cc1cc(F)c(Br)cc1NS(=O)(=O)c1c(C)csc1CN.